The third kappa shape index (κ3) is 4.45. The standard InChI is InChI=1S/C13H13F3O2S/c14-13(15,16)18-10-5-3-9(4-6-10)8-11(17)12-2-1-7-19-12/h3-6,12H,1-2,7-8H2. The third-order valence-corrected chi connectivity index (χ3v) is 4.25. The highest BCUT2D eigenvalue weighted by Gasteiger charge is 2.31. The van der Waals surface area contributed by atoms with E-state index < -0.39 is 6.36 Å². The van der Waals surface area contributed by atoms with Crippen LogP contribution in [0.15, 0.2) is 24.3 Å². The number of benzene rings is 1. The topological polar surface area (TPSA) is 26.3 Å². The van der Waals surface area contributed by atoms with Crippen LogP contribution < -0.4 is 4.74 Å². The number of alkyl halides is 3. The van der Waals surface area contributed by atoms with Crippen molar-refractivity contribution in [3.05, 3.63) is 29.8 Å². The molecule has 1 aromatic rings. The van der Waals surface area contributed by atoms with Crippen LogP contribution in [0.2, 0.25) is 0 Å². The molecule has 1 unspecified atom stereocenters. The zero-order valence-electron chi connectivity index (χ0n) is 10.1. The molecule has 1 aromatic carbocycles. The van der Waals surface area contributed by atoms with Crippen LogP contribution in [0.1, 0.15) is 18.4 Å². The Bertz CT molecular complexity index is 436. The zero-order chi connectivity index (χ0) is 13.9. The van der Waals surface area contributed by atoms with Gasteiger partial charge in [-0.15, -0.1) is 13.2 Å². The SMILES string of the molecule is O=C(Cc1ccc(OC(F)(F)F)cc1)C1CCCS1. The lowest BCUT2D eigenvalue weighted by Gasteiger charge is -2.10. The molecular weight excluding hydrogens is 277 g/mol. The first-order chi connectivity index (χ1) is 8.94. The minimum atomic E-state index is -4.68. The number of hydrogen-bond acceptors (Lipinski definition) is 3. The van der Waals surface area contributed by atoms with Crippen molar-refractivity contribution in [3.8, 4) is 5.75 Å². The highest BCUT2D eigenvalue weighted by molar-refractivity contribution is 8.00. The highest BCUT2D eigenvalue weighted by atomic mass is 32.2. The van der Waals surface area contributed by atoms with Crippen LogP contribution in [0.5, 0.6) is 5.75 Å². The summed E-state index contributed by atoms with van der Waals surface area (Å²) in [4.78, 5) is 11.9. The second kappa shape index (κ2) is 5.86. The molecule has 1 saturated heterocycles. The molecule has 2 rings (SSSR count). The summed E-state index contributed by atoms with van der Waals surface area (Å²) in [6.07, 6.45) is -2.46. The lowest BCUT2D eigenvalue weighted by molar-refractivity contribution is -0.274. The Balaban J connectivity index is 1.93. The van der Waals surface area contributed by atoms with E-state index in [4.69, 9.17) is 0 Å². The maximum atomic E-state index is 12.0. The first-order valence-electron chi connectivity index (χ1n) is 5.93. The summed E-state index contributed by atoms with van der Waals surface area (Å²) in [6, 6.07) is 5.47. The monoisotopic (exact) mass is 290 g/mol. The van der Waals surface area contributed by atoms with E-state index in [1.807, 2.05) is 0 Å². The minimum absolute atomic E-state index is 0.0473. The van der Waals surface area contributed by atoms with Gasteiger partial charge in [0.15, 0.2) is 0 Å². The molecular formula is C13H13F3O2S. The molecule has 0 amide bonds. The average molecular weight is 290 g/mol. The molecule has 1 fully saturated rings. The lowest BCUT2D eigenvalue weighted by atomic mass is 10.0. The van der Waals surface area contributed by atoms with Crippen molar-refractivity contribution in [1.82, 2.24) is 0 Å². The molecule has 1 aliphatic rings. The predicted molar refractivity (Wildman–Crippen MR) is 67.3 cm³/mol. The van der Waals surface area contributed by atoms with Crippen LogP contribution in [0.3, 0.4) is 0 Å². The smallest absolute Gasteiger partial charge is 0.406 e. The van der Waals surface area contributed by atoms with Crippen LogP contribution in [0, 0.1) is 0 Å². The van der Waals surface area contributed by atoms with Gasteiger partial charge >= 0.3 is 6.36 Å². The van der Waals surface area contributed by atoms with Gasteiger partial charge in [-0.1, -0.05) is 12.1 Å². The van der Waals surface area contributed by atoms with Crippen molar-refractivity contribution in [1.29, 1.82) is 0 Å². The van der Waals surface area contributed by atoms with Crippen LogP contribution in [-0.4, -0.2) is 23.1 Å². The van der Waals surface area contributed by atoms with E-state index in [0.29, 0.717) is 5.56 Å². The highest BCUT2D eigenvalue weighted by Crippen LogP contribution is 2.28. The fraction of sp³-hybridized carbons (Fsp3) is 0.462. The number of ketones is 1. The second-order valence-electron chi connectivity index (χ2n) is 4.34. The number of Topliss-reactive ketones (excluding diaryl/α,β-unsaturated/α-hetero) is 1. The molecule has 104 valence electrons. The Kier molecular flexibility index (Phi) is 4.39. The van der Waals surface area contributed by atoms with Crippen LogP contribution in [-0.2, 0) is 11.2 Å². The van der Waals surface area contributed by atoms with Gasteiger partial charge in [0.1, 0.15) is 11.5 Å². The van der Waals surface area contributed by atoms with Crippen molar-refractivity contribution >= 4 is 17.5 Å². The van der Waals surface area contributed by atoms with Gasteiger partial charge < -0.3 is 4.74 Å². The molecule has 1 atom stereocenters. The van der Waals surface area contributed by atoms with Gasteiger partial charge in [-0.3, -0.25) is 4.79 Å². The van der Waals surface area contributed by atoms with Gasteiger partial charge in [0.05, 0.1) is 5.25 Å². The molecule has 19 heavy (non-hydrogen) atoms. The molecule has 1 heterocycles. The summed E-state index contributed by atoms with van der Waals surface area (Å²) < 4.78 is 39.7. The Morgan fingerprint density at radius 3 is 2.53 bits per heavy atom. The molecule has 0 radical (unpaired) electrons. The lowest BCUT2D eigenvalue weighted by Crippen LogP contribution is -2.17. The van der Waals surface area contributed by atoms with Crippen LogP contribution in [0.4, 0.5) is 13.2 Å². The largest absolute Gasteiger partial charge is 0.573 e. The number of carbonyl (C=O) groups excluding carboxylic acids is 1. The Hall–Kier alpha value is -1.17. The molecule has 6 heteroatoms. The fourth-order valence-electron chi connectivity index (χ4n) is 1.96. The zero-order valence-corrected chi connectivity index (χ0v) is 10.9. The fourth-order valence-corrected chi connectivity index (χ4v) is 3.18. The van der Waals surface area contributed by atoms with E-state index in [0.717, 1.165) is 18.6 Å². The van der Waals surface area contributed by atoms with Crippen LogP contribution in [0.25, 0.3) is 0 Å². The second-order valence-corrected chi connectivity index (χ2v) is 5.65. The summed E-state index contributed by atoms with van der Waals surface area (Å²) in [5.74, 6) is 0.889. The first-order valence-corrected chi connectivity index (χ1v) is 6.98. The molecule has 0 aliphatic carbocycles. The molecule has 0 bridgehead atoms. The summed E-state index contributed by atoms with van der Waals surface area (Å²) >= 11 is 1.66. The quantitative estimate of drug-likeness (QED) is 0.847. The van der Waals surface area contributed by atoms with Gasteiger partial charge in [0, 0.05) is 6.42 Å². The summed E-state index contributed by atoms with van der Waals surface area (Å²) in [6.45, 7) is 0. The summed E-state index contributed by atoms with van der Waals surface area (Å²) in [5, 5.41) is 0.0473. The molecule has 0 saturated carbocycles. The summed E-state index contributed by atoms with van der Waals surface area (Å²) in [5.41, 5.74) is 0.715. The number of halogens is 3. The van der Waals surface area contributed by atoms with E-state index in [9.17, 15) is 18.0 Å². The van der Waals surface area contributed by atoms with Gasteiger partial charge in [0.25, 0.3) is 0 Å². The number of rotatable bonds is 4. The molecule has 0 spiro atoms. The maximum absolute atomic E-state index is 12.0. The molecule has 0 aromatic heterocycles. The third-order valence-electron chi connectivity index (χ3n) is 2.82. The van der Waals surface area contributed by atoms with E-state index in [1.54, 1.807) is 11.8 Å². The Labute approximate surface area is 113 Å². The van der Waals surface area contributed by atoms with Crippen molar-refractivity contribution in [2.75, 3.05) is 5.75 Å². The average Bonchev–Trinajstić information content (AvgIpc) is 2.83. The van der Waals surface area contributed by atoms with E-state index in [2.05, 4.69) is 4.74 Å². The van der Waals surface area contributed by atoms with Gasteiger partial charge in [-0.25, -0.2) is 0 Å². The normalized spacial score (nSPS) is 19.4. The Morgan fingerprint density at radius 1 is 1.32 bits per heavy atom. The number of ether oxygens (including phenoxy) is 1. The van der Waals surface area contributed by atoms with Gasteiger partial charge in [-0.05, 0) is 36.3 Å². The minimum Gasteiger partial charge on any atom is -0.406 e. The number of thioether (sulfide) groups is 1. The van der Waals surface area contributed by atoms with Crippen molar-refractivity contribution in [2.45, 2.75) is 30.9 Å². The predicted octanol–water partition coefficient (Wildman–Crippen LogP) is 3.59. The summed E-state index contributed by atoms with van der Waals surface area (Å²) in [7, 11) is 0. The van der Waals surface area contributed by atoms with Crippen molar-refractivity contribution in [3.63, 3.8) is 0 Å². The first kappa shape index (κ1) is 14.2. The number of hydrogen-bond donors (Lipinski definition) is 0. The van der Waals surface area contributed by atoms with Crippen molar-refractivity contribution in [2.24, 2.45) is 0 Å². The Morgan fingerprint density at radius 2 is 2.00 bits per heavy atom. The number of carbonyl (C=O) groups is 1. The molecule has 2 nitrogen and oxygen atoms in total. The maximum Gasteiger partial charge on any atom is 0.573 e. The van der Waals surface area contributed by atoms with Crippen LogP contribution >= 0.6 is 11.8 Å². The van der Waals surface area contributed by atoms with Gasteiger partial charge in [0.2, 0.25) is 0 Å². The van der Waals surface area contributed by atoms with Crippen molar-refractivity contribution < 1.29 is 22.7 Å². The van der Waals surface area contributed by atoms with E-state index in [1.165, 1.54) is 24.3 Å². The van der Waals surface area contributed by atoms with E-state index >= 15 is 0 Å². The van der Waals surface area contributed by atoms with Gasteiger partial charge in [-0.2, -0.15) is 11.8 Å². The molecule has 1 aliphatic heterocycles. The molecule has 0 N–H and O–H groups in total. The van der Waals surface area contributed by atoms with E-state index in [-0.39, 0.29) is 23.2 Å².